The van der Waals surface area contributed by atoms with Crippen LogP contribution in [0.4, 0.5) is 5.69 Å². The van der Waals surface area contributed by atoms with E-state index in [-0.39, 0.29) is 12.5 Å². The fourth-order valence-electron chi connectivity index (χ4n) is 2.47. The summed E-state index contributed by atoms with van der Waals surface area (Å²) in [5, 5.41) is 21.3. The predicted molar refractivity (Wildman–Crippen MR) is 88.1 cm³/mol. The fourth-order valence-corrected chi connectivity index (χ4v) is 2.47. The van der Waals surface area contributed by atoms with Crippen LogP contribution in [0.1, 0.15) is 29.8 Å². The summed E-state index contributed by atoms with van der Waals surface area (Å²) in [6.07, 6.45) is 1.32. The molecule has 23 heavy (non-hydrogen) atoms. The molecule has 0 spiro atoms. The minimum atomic E-state index is -0.812. The minimum Gasteiger partial charge on any atom is -0.481 e. The van der Waals surface area contributed by atoms with Crippen molar-refractivity contribution in [3.63, 3.8) is 0 Å². The number of hydrogen-bond acceptors (Lipinski definition) is 4. The number of aromatic nitrogens is 1. The first-order valence-electron chi connectivity index (χ1n) is 7.48. The van der Waals surface area contributed by atoms with E-state index in [1.165, 1.54) is 0 Å². The van der Waals surface area contributed by atoms with Gasteiger partial charge in [-0.2, -0.15) is 5.26 Å². The van der Waals surface area contributed by atoms with Gasteiger partial charge in [0.1, 0.15) is 11.8 Å². The normalized spacial score (nSPS) is 11.5. The fraction of sp³-hybridized carbons (Fsp3) is 0.278. The van der Waals surface area contributed by atoms with E-state index in [1.807, 2.05) is 49.4 Å². The number of carboxylic acids is 1. The number of nitrogens with one attached hydrogen (secondary N) is 1. The van der Waals surface area contributed by atoms with Crippen LogP contribution in [-0.4, -0.2) is 22.1 Å². The molecule has 5 nitrogen and oxygen atoms in total. The smallest absolute Gasteiger partial charge is 0.303 e. The van der Waals surface area contributed by atoms with Crippen molar-refractivity contribution in [2.75, 3.05) is 5.32 Å². The Morgan fingerprint density at radius 1 is 1.35 bits per heavy atom. The highest BCUT2D eigenvalue weighted by Gasteiger charge is 2.13. The number of rotatable bonds is 7. The summed E-state index contributed by atoms with van der Waals surface area (Å²) < 4.78 is 0. The largest absolute Gasteiger partial charge is 0.481 e. The van der Waals surface area contributed by atoms with Gasteiger partial charge in [-0.25, -0.2) is 4.98 Å². The van der Waals surface area contributed by atoms with Crippen molar-refractivity contribution in [1.82, 2.24) is 4.98 Å². The van der Waals surface area contributed by atoms with E-state index in [4.69, 9.17) is 10.4 Å². The number of carboxylic acid groups (broad SMARTS) is 1. The maximum Gasteiger partial charge on any atom is 0.303 e. The zero-order valence-corrected chi connectivity index (χ0v) is 13.0. The van der Waals surface area contributed by atoms with Gasteiger partial charge in [0.05, 0.1) is 0 Å². The zero-order chi connectivity index (χ0) is 16.7. The number of benzene rings is 1. The number of carbonyl (C=O) groups is 1. The molecular weight excluding hydrogens is 290 g/mol. The second-order valence-electron chi connectivity index (χ2n) is 5.46. The van der Waals surface area contributed by atoms with Crippen LogP contribution in [0.5, 0.6) is 0 Å². The molecule has 0 fully saturated rings. The van der Waals surface area contributed by atoms with Gasteiger partial charge in [-0.05, 0) is 37.5 Å². The third kappa shape index (κ3) is 5.44. The highest BCUT2D eigenvalue weighted by molar-refractivity contribution is 5.66. The lowest BCUT2D eigenvalue weighted by Gasteiger charge is -2.20. The van der Waals surface area contributed by atoms with E-state index in [9.17, 15) is 4.79 Å². The van der Waals surface area contributed by atoms with Gasteiger partial charge in [-0.1, -0.05) is 30.3 Å². The van der Waals surface area contributed by atoms with E-state index in [1.54, 1.807) is 6.07 Å². The molecule has 118 valence electrons. The Hall–Kier alpha value is -2.87. The Morgan fingerprint density at radius 2 is 2.09 bits per heavy atom. The van der Waals surface area contributed by atoms with Gasteiger partial charge in [0.25, 0.3) is 0 Å². The summed E-state index contributed by atoms with van der Waals surface area (Å²) in [5.74, 6) is -0.812. The van der Waals surface area contributed by atoms with E-state index in [0.717, 1.165) is 23.4 Å². The molecule has 0 saturated carbocycles. The molecule has 1 aromatic carbocycles. The quantitative estimate of drug-likeness (QED) is 0.820. The first-order chi connectivity index (χ1) is 11.1. The van der Waals surface area contributed by atoms with Gasteiger partial charge in [0.15, 0.2) is 0 Å². The lowest BCUT2D eigenvalue weighted by Crippen LogP contribution is -2.23. The number of hydrogen-bond donors (Lipinski definition) is 2. The predicted octanol–water partition coefficient (Wildman–Crippen LogP) is 3.15. The molecule has 0 radical (unpaired) electrons. The van der Waals surface area contributed by atoms with Gasteiger partial charge >= 0.3 is 5.97 Å². The molecule has 2 aromatic rings. The third-order valence-electron chi connectivity index (χ3n) is 3.47. The number of nitrogens with zero attached hydrogens (tertiary/aromatic N) is 2. The van der Waals surface area contributed by atoms with Gasteiger partial charge in [-0.15, -0.1) is 0 Å². The molecule has 1 unspecified atom stereocenters. The topological polar surface area (TPSA) is 86.0 Å². The van der Waals surface area contributed by atoms with Crippen molar-refractivity contribution in [2.45, 2.75) is 32.2 Å². The summed E-state index contributed by atoms with van der Waals surface area (Å²) in [5.41, 5.74) is 3.04. The van der Waals surface area contributed by atoms with Crippen molar-refractivity contribution in [2.24, 2.45) is 0 Å². The highest BCUT2D eigenvalue weighted by Crippen LogP contribution is 2.17. The Morgan fingerprint density at radius 3 is 2.74 bits per heavy atom. The third-order valence-corrected chi connectivity index (χ3v) is 3.47. The standard InChI is InChI=1S/C18H19N3O2/c1-13-9-16(11-17(12-19)20-13)21-15(7-8-18(22)23)10-14-5-3-2-4-6-14/h2-6,9,11,15H,7-8,10H2,1H3,(H,20,21)(H,22,23). The molecule has 5 heteroatoms. The lowest BCUT2D eigenvalue weighted by atomic mass is 10.0. The first-order valence-corrected chi connectivity index (χ1v) is 7.48. The number of aryl methyl sites for hydroxylation is 1. The Balaban J connectivity index is 2.15. The summed E-state index contributed by atoms with van der Waals surface area (Å²) in [7, 11) is 0. The molecule has 0 amide bonds. The molecule has 1 aromatic heterocycles. The van der Waals surface area contributed by atoms with Gasteiger partial charge in [-0.3, -0.25) is 4.79 Å². The average molecular weight is 309 g/mol. The van der Waals surface area contributed by atoms with E-state index in [0.29, 0.717) is 12.1 Å². The Kier molecular flexibility index (Phi) is 5.70. The SMILES string of the molecule is Cc1cc(NC(CCC(=O)O)Cc2ccccc2)cc(C#N)n1. The monoisotopic (exact) mass is 309 g/mol. The van der Waals surface area contributed by atoms with Crippen LogP contribution in [0.3, 0.4) is 0 Å². The molecule has 0 aliphatic rings. The van der Waals surface area contributed by atoms with Crippen LogP contribution in [-0.2, 0) is 11.2 Å². The van der Waals surface area contributed by atoms with Crippen molar-refractivity contribution in [3.8, 4) is 6.07 Å². The van der Waals surface area contributed by atoms with Crippen LogP contribution in [0.2, 0.25) is 0 Å². The second kappa shape index (κ2) is 7.95. The van der Waals surface area contributed by atoms with Crippen LogP contribution >= 0.6 is 0 Å². The average Bonchev–Trinajstić information content (AvgIpc) is 2.53. The second-order valence-corrected chi connectivity index (χ2v) is 5.46. The lowest BCUT2D eigenvalue weighted by molar-refractivity contribution is -0.137. The molecule has 1 atom stereocenters. The maximum absolute atomic E-state index is 10.9. The summed E-state index contributed by atoms with van der Waals surface area (Å²) >= 11 is 0. The number of pyridine rings is 1. The van der Waals surface area contributed by atoms with Crippen molar-refractivity contribution in [1.29, 1.82) is 5.26 Å². The molecule has 2 rings (SSSR count). The Bertz CT molecular complexity index is 708. The van der Waals surface area contributed by atoms with E-state index < -0.39 is 5.97 Å². The summed E-state index contributed by atoms with van der Waals surface area (Å²) in [6.45, 7) is 1.83. The molecular formula is C18H19N3O2. The first kappa shape index (κ1) is 16.5. The molecule has 0 aliphatic heterocycles. The van der Waals surface area contributed by atoms with Crippen LogP contribution in [0.25, 0.3) is 0 Å². The van der Waals surface area contributed by atoms with Crippen LogP contribution in [0.15, 0.2) is 42.5 Å². The van der Waals surface area contributed by atoms with Crippen molar-refractivity contribution < 1.29 is 9.90 Å². The molecule has 0 saturated heterocycles. The number of nitriles is 1. The summed E-state index contributed by atoms with van der Waals surface area (Å²) in [6, 6.07) is 15.5. The van der Waals surface area contributed by atoms with E-state index >= 15 is 0 Å². The Labute approximate surface area is 135 Å². The van der Waals surface area contributed by atoms with Gasteiger partial charge in [0, 0.05) is 23.8 Å². The zero-order valence-electron chi connectivity index (χ0n) is 13.0. The summed E-state index contributed by atoms with van der Waals surface area (Å²) in [4.78, 5) is 15.0. The van der Waals surface area contributed by atoms with E-state index in [2.05, 4.69) is 10.3 Å². The van der Waals surface area contributed by atoms with Crippen molar-refractivity contribution in [3.05, 3.63) is 59.4 Å². The molecule has 2 N–H and O–H groups in total. The van der Waals surface area contributed by atoms with Gasteiger partial charge in [0.2, 0.25) is 0 Å². The molecule has 0 bridgehead atoms. The number of aliphatic carboxylic acids is 1. The van der Waals surface area contributed by atoms with Crippen LogP contribution < -0.4 is 5.32 Å². The van der Waals surface area contributed by atoms with Crippen molar-refractivity contribution >= 4 is 11.7 Å². The minimum absolute atomic E-state index is 0.0261. The molecule has 0 aliphatic carbocycles. The van der Waals surface area contributed by atoms with Gasteiger partial charge < -0.3 is 10.4 Å². The highest BCUT2D eigenvalue weighted by atomic mass is 16.4. The maximum atomic E-state index is 10.9. The number of anilines is 1. The molecule has 1 heterocycles. The van der Waals surface area contributed by atoms with Crippen LogP contribution in [0, 0.1) is 18.3 Å².